The van der Waals surface area contributed by atoms with Crippen LogP contribution in [0.3, 0.4) is 0 Å². The van der Waals surface area contributed by atoms with E-state index in [4.69, 9.17) is 4.99 Å². The number of hydrogen-bond acceptors (Lipinski definition) is 3. The summed E-state index contributed by atoms with van der Waals surface area (Å²) in [6.07, 6.45) is 3.63. The van der Waals surface area contributed by atoms with Crippen LogP contribution in [-0.2, 0) is 6.42 Å². The van der Waals surface area contributed by atoms with Crippen LogP contribution in [0.25, 0.3) is 11.8 Å². The van der Waals surface area contributed by atoms with Crippen molar-refractivity contribution in [2.45, 2.75) is 25.8 Å². The number of fused-ring (bicyclic) bond motifs is 3. The molecule has 0 radical (unpaired) electrons. The highest BCUT2D eigenvalue weighted by molar-refractivity contribution is 9.10. The van der Waals surface area contributed by atoms with E-state index in [0.29, 0.717) is 9.33 Å². The van der Waals surface area contributed by atoms with Gasteiger partial charge in [0.2, 0.25) is 0 Å². The van der Waals surface area contributed by atoms with Gasteiger partial charge in [-0.25, -0.2) is 9.38 Å². The molecule has 34 heavy (non-hydrogen) atoms. The van der Waals surface area contributed by atoms with Crippen molar-refractivity contribution in [1.82, 2.24) is 4.57 Å². The van der Waals surface area contributed by atoms with Crippen molar-refractivity contribution < 1.29 is 4.39 Å². The molecule has 6 rings (SSSR count). The molecule has 1 atom stereocenters. The maximum absolute atomic E-state index is 13.8. The van der Waals surface area contributed by atoms with Crippen LogP contribution in [0.4, 0.5) is 4.39 Å². The molecule has 0 saturated heterocycles. The van der Waals surface area contributed by atoms with Gasteiger partial charge in [0.15, 0.2) is 4.80 Å². The molecule has 1 aliphatic carbocycles. The lowest BCUT2D eigenvalue weighted by atomic mass is 9.83. The van der Waals surface area contributed by atoms with Crippen LogP contribution >= 0.6 is 27.3 Å². The fourth-order valence-electron chi connectivity index (χ4n) is 4.82. The standard InChI is InChI=1S/C28H20BrFN2OS/c1-16-6-7-17(14-23(16)29)15-24-27(33)32-26(19-8-11-20(30)12-9-19)22-13-10-18-4-2-3-5-21(18)25(22)31-28(32)34-24/h2-9,11-12,14-15,26H,10,13H2,1H3/b24-15+/t26-/m0/s1. The second kappa shape index (κ2) is 8.29. The molecule has 3 nitrogen and oxygen atoms in total. The van der Waals surface area contributed by atoms with E-state index < -0.39 is 0 Å². The highest BCUT2D eigenvalue weighted by Crippen LogP contribution is 2.41. The van der Waals surface area contributed by atoms with Crippen LogP contribution in [0.5, 0.6) is 0 Å². The first-order valence-corrected chi connectivity index (χ1v) is 12.8. The van der Waals surface area contributed by atoms with Crippen LogP contribution in [0.15, 0.2) is 86.6 Å². The second-order valence-corrected chi connectivity index (χ2v) is 10.5. The molecule has 2 heterocycles. The molecular weight excluding hydrogens is 511 g/mol. The average molecular weight is 531 g/mol. The number of aromatic nitrogens is 1. The summed E-state index contributed by atoms with van der Waals surface area (Å²) >= 11 is 4.99. The van der Waals surface area contributed by atoms with Crippen molar-refractivity contribution in [3.8, 4) is 0 Å². The minimum atomic E-state index is -0.299. The molecule has 2 aliphatic rings. The van der Waals surface area contributed by atoms with E-state index in [1.165, 1.54) is 29.0 Å². The molecule has 4 aromatic rings. The summed E-state index contributed by atoms with van der Waals surface area (Å²) in [5.41, 5.74) is 7.37. The third kappa shape index (κ3) is 3.53. The van der Waals surface area contributed by atoms with Gasteiger partial charge in [-0.3, -0.25) is 9.36 Å². The molecule has 168 valence electrons. The number of rotatable bonds is 2. The lowest BCUT2D eigenvalue weighted by Crippen LogP contribution is -2.38. The van der Waals surface area contributed by atoms with Crippen molar-refractivity contribution in [3.63, 3.8) is 0 Å². The normalized spacial score (nSPS) is 17.1. The second-order valence-electron chi connectivity index (χ2n) is 8.67. The SMILES string of the molecule is Cc1ccc(/C=c2/sc3n(c2=O)[C@@H](c2ccc(F)cc2)C2=C(N=3)c3ccccc3CC2)cc1Br. The van der Waals surface area contributed by atoms with Gasteiger partial charge in [-0.15, -0.1) is 0 Å². The Balaban J connectivity index is 1.62. The lowest BCUT2D eigenvalue weighted by molar-refractivity contribution is 0.581. The van der Waals surface area contributed by atoms with Crippen molar-refractivity contribution in [3.05, 3.63) is 130 Å². The minimum absolute atomic E-state index is 0.0693. The largest absolute Gasteiger partial charge is 0.272 e. The van der Waals surface area contributed by atoms with Gasteiger partial charge in [-0.1, -0.05) is 75.8 Å². The Morgan fingerprint density at radius 3 is 2.68 bits per heavy atom. The Bertz CT molecular complexity index is 1660. The molecule has 6 heteroatoms. The Labute approximate surface area is 208 Å². The summed E-state index contributed by atoms with van der Waals surface area (Å²) in [5, 5.41) is 0. The zero-order chi connectivity index (χ0) is 23.4. The van der Waals surface area contributed by atoms with Crippen LogP contribution < -0.4 is 14.9 Å². The maximum atomic E-state index is 13.8. The molecule has 0 spiro atoms. The zero-order valence-electron chi connectivity index (χ0n) is 18.4. The lowest BCUT2D eigenvalue weighted by Gasteiger charge is -2.30. The number of hydrogen-bond donors (Lipinski definition) is 0. The first kappa shape index (κ1) is 21.4. The molecule has 0 bridgehead atoms. The molecule has 0 unspecified atom stereocenters. The third-order valence-corrected chi connectivity index (χ3v) is 8.39. The smallest absolute Gasteiger partial charge is 0.271 e. The predicted molar refractivity (Wildman–Crippen MR) is 138 cm³/mol. The fourth-order valence-corrected chi connectivity index (χ4v) is 6.22. The van der Waals surface area contributed by atoms with E-state index in [9.17, 15) is 9.18 Å². The van der Waals surface area contributed by atoms with E-state index in [2.05, 4.69) is 34.1 Å². The number of aryl methyl sites for hydroxylation is 2. The van der Waals surface area contributed by atoms with Crippen molar-refractivity contribution in [2.24, 2.45) is 4.99 Å². The van der Waals surface area contributed by atoms with Gasteiger partial charge in [-0.2, -0.15) is 0 Å². The van der Waals surface area contributed by atoms with Gasteiger partial charge < -0.3 is 0 Å². The van der Waals surface area contributed by atoms with Gasteiger partial charge in [0.25, 0.3) is 5.56 Å². The number of allylic oxidation sites excluding steroid dienone is 1. The topological polar surface area (TPSA) is 34.4 Å². The average Bonchev–Trinajstić information content (AvgIpc) is 3.15. The highest BCUT2D eigenvalue weighted by Gasteiger charge is 2.32. The molecule has 1 aromatic heterocycles. The Hall–Kier alpha value is -3.09. The molecule has 0 N–H and O–H groups in total. The summed E-state index contributed by atoms with van der Waals surface area (Å²) in [6, 6.07) is 20.6. The third-order valence-electron chi connectivity index (χ3n) is 6.55. The van der Waals surface area contributed by atoms with Crippen LogP contribution in [0.2, 0.25) is 0 Å². The summed E-state index contributed by atoms with van der Waals surface area (Å²) in [5.74, 6) is -0.288. The first-order valence-electron chi connectivity index (χ1n) is 11.1. The van der Waals surface area contributed by atoms with Crippen molar-refractivity contribution in [2.75, 3.05) is 0 Å². The van der Waals surface area contributed by atoms with Gasteiger partial charge in [0.1, 0.15) is 5.82 Å². The Kier molecular flexibility index (Phi) is 5.23. The highest BCUT2D eigenvalue weighted by atomic mass is 79.9. The monoisotopic (exact) mass is 530 g/mol. The van der Waals surface area contributed by atoms with E-state index >= 15 is 0 Å². The summed E-state index contributed by atoms with van der Waals surface area (Å²) < 4.78 is 17.2. The number of halogens is 2. The quantitative estimate of drug-likeness (QED) is 0.335. The molecule has 1 aliphatic heterocycles. The van der Waals surface area contributed by atoms with Gasteiger partial charge in [-0.05, 0) is 71.9 Å². The van der Waals surface area contributed by atoms with Crippen molar-refractivity contribution >= 4 is 39.0 Å². The van der Waals surface area contributed by atoms with E-state index in [1.807, 2.05) is 37.3 Å². The van der Waals surface area contributed by atoms with E-state index in [0.717, 1.165) is 50.8 Å². The van der Waals surface area contributed by atoms with Crippen LogP contribution in [0, 0.1) is 12.7 Å². The van der Waals surface area contributed by atoms with E-state index in [-0.39, 0.29) is 17.4 Å². The molecule has 3 aromatic carbocycles. The Morgan fingerprint density at radius 2 is 1.88 bits per heavy atom. The van der Waals surface area contributed by atoms with Crippen LogP contribution in [-0.4, -0.2) is 4.57 Å². The first-order chi connectivity index (χ1) is 16.5. The zero-order valence-corrected chi connectivity index (χ0v) is 20.8. The minimum Gasteiger partial charge on any atom is -0.272 e. The fraction of sp³-hybridized carbons (Fsp3) is 0.143. The number of thiazole rings is 1. The van der Waals surface area contributed by atoms with Gasteiger partial charge in [0, 0.05) is 10.0 Å². The predicted octanol–water partition coefficient (Wildman–Crippen LogP) is 5.53. The molecule has 0 amide bonds. The molecular formula is C28H20BrFN2OS. The summed E-state index contributed by atoms with van der Waals surface area (Å²) in [7, 11) is 0. The number of nitrogens with zero attached hydrogens (tertiary/aromatic N) is 2. The summed E-state index contributed by atoms with van der Waals surface area (Å²) in [4.78, 5) is 19.4. The van der Waals surface area contributed by atoms with E-state index in [1.54, 1.807) is 16.7 Å². The van der Waals surface area contributed by atoms with Crippen LogP contribution in [0.1, 0.15) is 40.3 Å². The Morgan fingerprint density at radius 1 is 1.09 bits per heavy atom. The van der Waals surface area contributed by atoms with Gasteiger partial charge >= 0.3 is 0 Å². The molecule has 0 fully saturated rings. The van der Waals surface area contributed by atoms with Crippen molar-refractivity contribution in [1.29, 1.82) is 0 Å². The summed E-state index contributed by atoms with van der Waals surface area (Å²) in [6.45, 7) is 2.03. The molecule has 0 saturated carbocycles. The van der Waals surface area contributed by atoms with Gasteiger partial charge in [0.05, 0.1) is 16.3 Å². The number of benzene rings is 3. The maximum Gasteiger partial charge on any atom is 0.271 e.